The van der Waals surface area contributed by atoms with Crippen molar-refractivity contribution in [2.75, 3.05) is 7.54 Å². The zero-order valence-corrected chi connectivity index (χ0v) is 24.6. The van der Waals surface area contributed by atoms with Crippen LogP contribution in [0.3, 0.4) is 0 Å². The van der Waals surface area contributed by atoms with E-state index in [0.29, 0.717) is 12.1 Å². The van der Waals surface area contributed by atoms with Crippen molar-refractivity contribution < 1.29 is 0 Å². The molecular weight excluding hydrogens is 462 g/mol. The molecular formula is C28H42BGeN3. The molecule has 1 fully saturated rings. The topological polar surface area (TPSA) is 9.72 Å². The van der Waals surface area contributed by atoms with Crippen LogP contribution in [0.2, 0.25) is 10.5 Å². The van der Waals surface area contributed by atoms with Gasteiger partial charge >= 0.3 is 206 Å². The van der Waals surface area contributed by atoms with Gasteiger partial charge in [-0.2, -0.15) is 0 Å². The van der Waals surface area contributed by atoms with Crippen LogP contribution in [0.25, 0.3) is 0 Å². The summed E-state index contributed by atoms with van der Waals surface area (Å²) in [6.45, 7) is 23.5. The zero-order valence-electron chi connectivity index (χ0n) is 22.5. The van der Waals surface area contributed by atoms with Gasteiger partial charge in [-0.3, -0.25) is 0 Å². The van der Waals surface area contributed by atoms with Crippen LogP contribution < -0.4 is 7.54 Å². The standard InChI is InChI=1S/C28H42BGeN3/c1-19(2)31(20(3)4)29-32(27-21(5)13-11-14-22(27)6)30(17-25(9)26(10)18-30)33(29)28-23(7)15-12-16-24(28)8/h11-16,19-20H,17-18H2,1-10H3. The Morgan fingerprint density at radius 2 is 1.00 bits per heavy atom. The van der Waals surface area contributed by atoms with E-state index in [1.165, 1.54) is 44.1 Å². The normalized spacial score (nSPS) is 17.9. The Bertz CT molecular complexity index is 967. The van der Waals surface area contributed by atoms with Crippen molar-refractivity contribution >= 4 is 32.2 Å². The van der Waals surface area contributed by atoms with Crippen LogP contribution in [-0.4, -0.2) is 37.7 Å². The van der Waals surface area contributed by atoms with Gasteiger partial charge in [0.15, 0.2) is 0 Å². The number of rotatable bonds is 5. The third-order valence-electron chi connectivity index (χ3n) is 8.00. The van der Waals surface area contributed by atoms with E-state index in [4.69, 9.17) is 0 Å². The fourth-order valence-corrected chi connectivity index (χ4v) is 19.3. The van der Waals surface area contributed by atoms with Gasteiger partial charge < -0.3 is 0 Å². The van der Waals surface area contributed by atoms with Gasteiger partial charge in [0.25, 0.3) is 0 Å². The number of nitrogens with zero attached hydrogens (tertiary/aromatic N) is 3. The molecule has 0 saturated carbocycles. The molecule has 0 amide bonds. The number of allylic oxidation sites excluding steroid dienone is 2. The molecule has 33 heavy (non-hydrogen) atoms. The number of anilines is 2. The third kappa shape index (κ3) is 3.78. The SMILES string of the molecule is CC1=C(C)[CH2][Ge]2([CH2]1)[N](c1c(C)cccc1C)B(N(C(C)C)C(C)C)[N]2c1c(C)cccc1C. The second-order valence-corrected chi connectivity index (χ2v) is 18.7. The Labute approximate surface area is 205 Å². The first-order valence-corrected chi connectivity index (χ1v) is 17.5. The molecule has 3 nitrogen and oxygen atoms in total. The van der Waals surface area contributed by atoms with E-state index >= 15 is 0 Å². The molecule has 2 aliphatic rings. The van der Waals surface area contributed by atoms with Gasteiger partial charge in [-0.05, 0) is 0 Å². The zero-order chi connectivity index (χ0) is 24.2. The average Bonchev–Trinajstić information content (AvgIpc) is 3.03. The molecule has 2 aromatic carbocycles. The van der Waals surface area contributed by atoms with Crippen molar-refractivity contribution in [3.05, 3.63) is 69.8 Å². The summed E-state index contributed by atoms with van der Waals surface area (Å²) in [5, 5.41) is 2.54. The summed E-state index contributed by atoms with van der Waals surface area (Å²) >= 11 is -2.73. The maximum absolute atomic E-state index is 2.98. The van der Waals surface area contributed by atoms with Crippen molar-refractivity contribution in [2.45, 2.75) is 91.8 Å². The van der Waals surface area contributed by atoms with Gasteiger partial charge in [-0.15, -0.1) is 0 Å². The fourth-order valence-electron chi connectivity index (χ4n) is 6.57. The second-order valence-electron chi connectivity index (χ2n) is 11.1. The van der Waals surface area contributed by atoms with Gasteiger partial charge in [0.05, 0.1) is 0 Å². The minimum absolute atomic E-state index is 0.267. The summed E-state index contributed by atoms with van der Waals surface area (Å²) in [6, 6.07) is 14.6. The molecule has 4 rings (SSSR count). The van der Waals surface area contributed by atoms with Gasteiger partial charge in [0, 0.05) is 0 Å². The van der Waals surface area contributed by atoms with Crippen molar-refractivity contribution in [3.8, 4) is 0 Å². The second kappa shape index (κ2) is 8.85. The predicted octanol–water partition coefficient (Wildman–Crippen LogP) is 7.14. The summed E-state index contributed by atoms with van der Waals surface area (Å²) in [4.78, 5) is 2.75. The third-order valence-corrected chi connectivity index (χ3v) is 18.3. The summed E-state index contributed by atoms with van der Waals surface area (Å²) < 4.78 is 5.97. The first kappa shape index (κ1) is 24.5. The fraction of sp³-hybridized carbons (Fsp3) is 0.500. The predicted molar refractivity (Wildman–Crippen MR) is 148 cm³/mol. The first-order valence-electron chi connectivity index (χ1n) is 12.6. The molecule has 2 heterocycles. The van der Waals surface area contributed by atoms with Crippen LogP contribution in [0, 0.1) is 27.7 Å². The molecule has 0 N–H and O–H groups in total. The quantitative estimate of drug-likeness (QED) is 0.317. The molecule has 0 aromatic heterocycles. The van der Waals surface area contributed by atoms with E-state index < -0.39 is 13.7 Å². The van der Waals surface area contributed by atoms with E-state index in [0.717, 1.165) is 0 Å². The summed E-state index contributed by atoms with van der Waals surface area (Å²) in [5.41, 5.74) is 11.9. The summed E-state index contributed by atoms with van der Waals surface area (Å²) in [5.74, 6) is 0. The molecule has 2 aliphatic heterocycles. The average molecular weight is 504 g/mol. The Balaban J connectivity index is 2.01. The van der Waals surface area contributed by atoms with Gasteiger partial charge in [0.2, 0.25) is 0 Å². The van der Waals surface area contributed by atoms with Crippen LogP contribution in [0.4, 0.5) is 11.4 Å². The molecule has 2 aromatic rings. The van der Waals surface area contributed by atoms with Gasteiger partial charge in [-0.1, -0.05) is 0 Å². The van der Waals surface area contributed by atoms with Crippen LogP contribution in [-0.2, 0) is 0 Å². The molecule has 0 radical (unpaired) electrons. The van der Waals surface area contributed by atoms with E-state index in [1.807, 2.05) is 0 Å². The molecule has 0 bridgehead atoms. The van der Waals surface area contributed by atoms with Crippen LogP contribution >= 0.6 is 0 Å². The Morgan fingerprint density at radius 3 is 1.30 bits per heavy atom. The summed E-state index contributed by atoms with van der Waals surface area (Å²) in [6.07, 6.45) is 0. The molecule has 0 unspecified atom stereocenters. The first-order chi connectivity index (χ1) is 15.5. The molecule has 176 valence electrons. The molecule has 0 aliphatic carbocycles. The Hall–Kier alpha value is -1.65. The van der Waals surface area contributed by atoms with Crippen molar-refractivity contribution in [2.24, 2.45) is 0 Å². The number of para-hydroxylation sites is 2. The van der Waals surface area contributed by atoms with E-state index in [2.05, 4.69) is 118 Å². The van der Waals surface area contributed by atoms with E-state index in [1.54, 1.807) is 11.1 Å². The number of aryl methyl sites for hydroxylation is 4. The number of hydrogen-bond donors (Lipinski definition) is 0. The van der Waals surface area contributed by atoms with Crippen LogP contribution in [0.15, 0.2) is 47.5 Å². The number of hydrogen-bond acceptors (Lipinski definition) is 3. The van der Waals surface area contributed by atoms with Crippen molar-refractivity contribution in [1.82, 2.24) is 4.81 Å². The molecule has 5 heteroatoms. The summed E-state index contributed by atoms with van der Waals surface area (Å²) in [7, 11) is 0.267. The van der Waals surface area contributed by atoms with Crippen LogP contribution in [0.1, 0.15) is 63.8 Å². The molecule has 1 spiro atoms. The van der Waals surface area contributed by atoms with Gasteiger partial charge in [0.1, 0.15) is 0 Å². The van der Waals surface area contributed by atoms with Crippen molar-refractivity contribution in [3.63, 3.8) is 0 Å². The minimum atomic E-state index is -2.73. The maximum atomic E-state index is 2.98. The van der Waals surface area contributed by atoms with Crippen LogP contribution in [0.5, 0.6) is 0 Å². The monoisotopic (exact) mass is 505 g/mol. The number of benzene rings is 2. The van der Waals surface area contributed by atoms with E-state index in [-0.39, 0.29) is 7.12 Å². The van der Waals surface area contributed by atoms with E-state index in [9.17, 15) is 0 Å². The van der Waals surface area contributed by atoms with Crippen molar-refractivity contribution in [1.29, 1.82) is 0 Å². The van der Waals surface area contributed by atoms with Gasteiger partial charge in [-0.25, -0.2) is 0 Å². The molecule has 1 saturated heterocycles. The Kier molecular flexibility index (Phi) is 6.56. The molecule has 0 atom stereocenters. The Morgan fingerprint density at radius 1 is 0.667 bits per heavy atom.